The number of carbonyl (C=O) groups is 1. The third kappa shape index (κ3) is 3.97. The van der Waals surface area contributed by atoms with Gasteiger partial charge in [-0.05, 0) is 25.8 Å². The Morgan fingerprint density at radius 2 is 2.29 bits per heavy atom. The largest absolute Gasteiger partial charge is 0.370 e. The van der Waals surface area contributed by atoms with Crippen molar-refractivity contribution in [2.45, 2.75) is 50.8 Å². The van der Waals surface area contributed by atoms with Crippen LogP contribution in [-0.4, -0.2) is 47.1 Å². The highest BCUT2D eigenvalue weighted by molar-refractivity contribution is 7.11. The van der Waals surface area contributed by atoms with Crippen LogP contribution in [0.5, 0.6) is 0 Å². The number of hydrogen-bond acceptors (Lipinski definition) is 5. The average Bonchev–Trinajstić information content (AvgIpc) is 3.12. The molecule has 2 aromatic rings. The molecule has 150 valence electrons. The topological polar surface area (TPSA) is 54.5 Å². The lowest BCUT2D eigenvalue weighted by Crippen LogP contribution is -2.63. The molecule has 1 aliphatic heterocycles. The van der Waals surface area contributed by atoms with Gasteiger partial charge in [0.2, 0.25) is 0 Å². The Labute approximate surface area is 168 Å². The van der Waals surface area contributed by atoms with E-state index >= 15 is 0 Å². The summed E-state index contributed by atoms with van der Waals surface area (Å²) in [4.78, 5) is 19.9. The summed E-state index contributed by atoms with van der Waals surface area (Å²) in [6.07, 6.45) is 3.97. The minimum absolute atomic E-state index is 0.0429. The van der Waals surface area contributed by atoms with Gasteiger partial charge in [-0.15, -0.1) is 11.3 Å². The molecule has 4 rings (SSSR count). The maximum atomic E-state index is 14.1. The van der Waals surface area contributed by atoms with E-state index in [1.165, 1.54) is 17.4 Å². The van der Waals surface area contributed by atoms with E-state index in [2.05, 4.69) is 15.2 Å². The second-order valence-corrected chi connectivity index (χ2v) is 8.61. The first-order valence-corrected chi connectivity index (χ1v) is 10.8. The molecular formula is C21H26FN3O2S. The molecule has 2 unspecified atom stereocenters. The molecule has 5 nitrogen and oxygen atoms in total. The molecular weight excluding hydrogens is 377 g/mol. The number of hydrogen-bond donors (Lipinski definition) is 1. The molecule has 28 heavy (non-hydrogen) atoms. The third-order valence-electron chi connectivity index (χ3n) is 5.87. The van der Waals surface area contributed by atoms with Crippen LogP contribution in [0.2, 0.25) is 0 Å². The van der Waals surface area contributed by atoms with E-state index in [0.717, 1.165) is 37.9 Å². The summed E-state index contributed by atoms with van der Waals surface area (Å²) in [7, 11) is 0. The highest BCUT2D eigenvalue weighted by atomic mass is 32.1. The average molecular weight is 404 g/mol. The van der Waals surface area contributed by atoms with Crippen LogP contribution in [0.3, 0.4) is 0 Å². The molecule has 1 aliphatic carbocycles. The van der Waals surface area contributed by atoms with Crippen molar-refractivity contribution in [3.8, 4) is 0 Å². The van der Waals surface area contributed by atoms with Crippen molar-refractivity contribution in [1.29, 1.82) is 0 Å². The predicted molar refractivity (Wildman–Crippen MR) is 107 cm³/mol. The van der Waals surface area contributed by atoms with Gasteiger partial charge in [0.15, 0.2) is 0 Å². The zero-order valence-electron chi connectivity index (χ0n) is 16.1. The minimum atomic E-state index is -0.407. The number of nitrogens with one attached hydrogen (secondary N) is 1. The molecule has 0 radical (unpaired) electrons. The summed E-state index contributed by atoms with van der Waals surface area (Å²) in [5.74, 6) is -0.238. The second kappa shape index (κ2) is 8.27. The molecule has 1 N–H and O–H groups in total. The number of nitrogens with zero attached hydrogens (tertiary/aromatic N) is 2. The number of amides is 1. The van der Waals surface area contributed by atoms with Gasteiger partial charge in [0, 0.05) is 25.2 Å². The fraction of sp³-hybridized carbons (Fsp3) is 0.524. The van der Waals surface area contributed by atoms with Crippen LogP contribution in [-0.2, 0) is 11.3 Å². The van der Waals surface area contributed by atoms with Gasteiger partial charge in [0.05, 0.1) is 23.9 Å². The summed E-state index contributed by atoms with van der Waals surface area (Å²) < 4.78 is 20.4. The molecule has 7 heteroatoms. The van der Waals surface area contributed by atoms with Crippen molar-refractivity contribution in [3.05, 3.63) is 51.7 Å². The van der Waals surface area contributed by atoms with Gasteiger partial charge in [0.1, 0.15) is 16.3 Å². The van der Waals surface area contributed by atoms with Crippen LogP contribution in [0.25, 0.3) is 0 Å². The summed E-state index contributed by atoms with van der Waals surface area (Å²) in [5.41, 5.74) is 2.76. The normalized spacial score (nSPS) is 25.7. The summed E-state index contributed by atoms with van der Waals surface area (Å²) in [6, 6.07) is 6.89. The number of rotatable bonds is 4. The van der Waals surface area contributed by atoms with Gasteiger partial charge in [-0.2, -0.15) is 0 Å². The molecule has 2 fully saturated rings. The van der Waals surface area contributed by atoms with Gasteiger partial charge < -0.3 is 10.1 Å². The molecule has 1 aromatic carbocycles. The summed E-state index contributed by atoms with van der Waals surface area (Å²) >= 11 is 1.37. The van der Waals surface area contributed by atoms with Crippen LogP contribution in [0.15, 0.2) is 29.8 Å². The number of halogens is 1. The standard InChI is InChI=1S/C21H26FN3O2S/c1-15-19(28-14-23-15)20(26)24-18-8-4-5-9-21(18)13-25(10-11-27-21)12-16-6-2-3-7-17(16)22/h2-3,6-7,14,18H,4-5,8-13H2,1H3,(H,24,26). The Morgan fingerprint density at radius 1 is 1.43 bits per heavy atom. The van der Waals surface area contributed by atoms with Crippen LogP contribution >= 0.6 is 11.3 Å². The van der Waals surface area contributed by atoms with Gasteiger partial charge >= 0.3 is 0 Å². The quantitative estimate of drug-likeness (QED) is 0.849. The minimum Gasteiger partial charge on any atom is -0.370 e. The maximum absolute atomic E-state index is 14.1. The lowest BCUT2D eigenvalue weighted by atomic mass is 9.78. The van der Waals surface area contributed by atoms with Gasteiger partial charge in [-0.25, -0.2) is 9.37 Å². The van der Waals surface area contributed by atoms with E-state index in [-0.39, 0.29) is 17.8 Å². The zero-order chi connectivity index (χ0) is 19.6. The van der Waals surface area contributed by atoms with Crippen molar-refractivity contribution < 1.29 is 13.9 Å². The monoisotopic (exact) mass is 403 g/mol. The fourth-order valence-electron chi connectivity index (χ4n) is 4.40. The van der Waals surface area contributed by atoms with Crippen molar-refractivity contribution in [2.75, 3.05) is 19.7 Å². The smallest absolute Gasteiger partial charge is 0.263 e. The van der Waals surface area contributed by atoms with E-state index in [1.807, 2.05) is 19.1 Å². The Kier molecular flexibility index (Phi) is 5.75. The van der Waals surface area contributed by atoms with Crippen molar-refractivity contribution >= 4 is 17.2 Å². The van der Waals surface area contributed by atoms with Crippen molar-refractivity contribution in [2.24, 2.45) is 0 Å². The van der Waals surface area contributed by atoms with Crippen LogP contribution < -0.4 is 5.32 Å². The van der Waals surface area contributed by atoms with Gasteiger partial charge in [0.25, 0.3) is 5.91 Å². The number of benzene rings is 1. The lowest BCUT2D eigenvalue weighted by molar-refractivity contribution is -0.143. The highest BCUT2D eigenvalue weighted by Crippen LogP contribution is 2.35. The van der Waals surface area contributed by atoms with E-state index in [9.17, 15) is 9.18 Å². The number of carbonyl (C=O) groups excluding carboxylic acids is 1. The first kappa shape index (κ1) is 19.5. The molecule has 0 bridgehead atoms. The van der Waals surface area contributed by atoms with Crippen molar-refractivity contribution in [1.82, 2.24) is 15.2 Å². The predicted octanol–water partition coefficient (Wildman–Crippen LogP) is 3.53. The van der Waals surface area contributed by atoms with E-state index in [1.54, 1.807) is 11.6 Å². The molecule has 1 aromatic heterocycles. The molecule has 2 atom stereocenters. The first-order chi connectivity index (χ1) is 13.6. The van der Waals surface area contributed by atoms with Crippen molar-refractivity contribution in [3.63, 3.8) is 0 Å². The Morgan fingerprint density at radius 3 is 3.07 bits per heavy atom. The highest BCUT2D eigenvalue weighted by Gasteiger charge is 2.46. The van der Waals surface area contributed by atoms with Crippen LogP contribution in [0.4, 0.5) is 4.39 Å². The lowest BCUT2D eigenvalue weighted by Gasteiger charge is -2.49. The number of thiazole rings is 1. The van der Waals surface area contributed by atoms with Crippen LogP contribution in [0, 0.1) is 12.7 Å². The van der Waals surface area contributed by atoms with E-state index < -0.39 is 5.60 Å². The first-order valence-electron chi connectivity index (χ1n) is 9.88. The number of aryl methyl sites for hydroxylation is 1. The molecule has 2 aliphatic rings. The zero-order valence-corrected chi connectivity index (χ0v) is 16.9. The van der Waals surface area contributed by atoms with E-state index in [0.29, 0.717) is 30.1 Å². The summed E-state index contributed by atoms with van der Waals surface area (Å²) in [5, 5.41) is 3.22. The van der Waals surface area contributed by atoms with E-state index in [4.69, 9.17) is 4.74 Å². The third-order valence-corrected chi connectivity index (χ3v) is 6.80. The van der Waals surface area contributed by atoms with Crippen LogP contribution in [0.1, 0.15) is 46.6 Å². The number of morpholine rings is 1. The molecule has 1 saturated carbocycles. The molecule has 2 heterocycles. The number of ether oxygens (including phenoxy) is 1. The number of aromatic nitrogens is 1. The SMILES string of the molecule is Cc1ncsc1C(=O)NC1CCCCC12CN(Cc1ccccc1F)CCO2. The fourth-order valence-corrected chi connectivity index (χ4v) is 5.11. The second-order valence-electron chi connectivity index (χ2n) is 7.75. The van der Waals surface area contributed by atoms with Gasteiger partial charge in [-0.3, -0.25) is 9.69 Å². The summed E-state index contributed by atoms with van der Waals surface area (Å²) in [6.45, 7) is 4.49. The maximum Gasteiger partial charge on any atom is 0.263 e. The molecule has 1 spiro atoms. The Bertz CT molecular complexity index is 839. The van der Waals surface area contributed by atoms with Gasteiger partial charge in [-0.1, -0.05) is 31.0 Å². The Hall–Kier alpha value is -1.83. The molecule has 1 amide bonds. The molecule has 1 saturated heterocycles. The Balaban J connectivity index is 1.49.